The first-order chi connectivity index (χ1) is 10.6. The molecule has 0 unspecified atom stereocenters. The average molecular weight is 299 g/mol. The smallest absolute Gasteiger partial charge is 0.248 e. The average Bonchev–Trinajstić information content (AvgIpc) is 2.49. The minimum atomic E-state index is 0.175. The van der Waals surface area contributed by atoms with Crippen LogP contribution >= 0.6 is 0 Å². The van der Waals surface area contributed by atoms with Crippen LogP contribution in [0.15, 0.2) is 29.4 Å². The number of nitrogens with two attached hydrogens (primary N) is 1. The van der Waals surface area contributed by atoms with Gasteiger partial charge in [-0.2, -0.15) is 20.1 Å². The van der Waals surface area contributed by atoms with E-state index in [1.54, 1.807) is 13.1 Å². The van der Waals surface area contributed by atoms with Gasteiger partial charge in [0.1, 0.15) is 5.82 Å². The van der Waals surface area contributed by atoms with Gasteiger partial charge in [0.15, 0.2) is 0 Å². The molecule has 3 N–H and O–H groups in total. The molecule has 1 aromatic carbocycles. The fourth-order valence-corrected chi connectivity index (χ4v) is 2.08. The third-order valence-corrected chi connectivity index (χ3v) is 3.16. The number of nitrogens with one attached hydrogen (secondary N) is 1. The van der Waals surface area contributed by atoms with Gasteiger partial charge in [0.25, 0.3) is 0 Å². The van der Waals surface area contributed by atoms with Crippen LogP contribution in [0.4, 0.5) is 17.6 Å². The Kier molecular flexibility index (Phi) is 5.24. The van der Waals surface area contributed by atoms with Gasteiger partial charge in [-0.05, 0) is 38.5 Å². The summed E-state index contributed by atoms with van der Waals surface area (Å²) in [6.45, 7) is 8.02. The maximum atomic E-state index is 5.55. The summed E-state index contributed by atoms with van der Waals surface area (Å²) in [4.78, 5) is 14.2. The molecule has 0 amide bonds. The van der Waals surface area contributed by atoms with Crippen LogP contribution in [0.3, 0.4) is 0 Å². The van der Waals surface area contributed by atoms with E-state index in [2.05, 4.69) is 56.4 Å². The van der Waals surface area contributed by atoms with E-state index in [4.69, 9.17) is 5.73 Å². The second-order valence-electron chi connectivity index (χ2n) is 4.70. The zero-order chi connectivity index (χ0) is 15.9. The van der Waals surface area contributed by atoms with E-state index in [1.807, 2.05) is 12.1 Å². The molecule has 0 atom stereocenters. The van der Waals surface area contributed by atoms with Crippen molar-refractivity contribution < 1.29 is 0 Å². The molecule has 0 aliphatic carbocycles. The number of anilines is 3. The number of nitrogens with zero attached hydrogens (tertiary/aromatic N) is 5. The Hall–Kier alpha value is -2.70. The predicted molar refractivity (Wildman–Crippen MR) is 90.2 cm³/mol. The lowest BCUT2D eigenvalue weighted by Crippen LogP contribution is -2.21. The van der Waals surface area contributed by atoms with Gasteiger partial charge < -0.3 is 10.6 Å². The van der Waals surface area contributed by atoms with Gasteiger partial charge in [0.05, 0.1) is 6.21 Å². The number of nitrogen functional groups attached to an aromatic ring is 1. The van der Waals surface area contributed by atoms with Crippen LogP contribution in [0.25, 0.3) is 0 Å². The topological polar surface area (TPSA) is 92.3 Å². The lowest BCUT2D eigenvalue weighted by atomic mass is 10.2. The second kappa shape index (κ2) is 7.35. The highest BCUT2D eigenvalue weighted by Crippen LogP contribution is 2.14. The van der Waals surface area contributed by atoms with E-state index in [1.165, 1.54) is 5.69 Å². The maximum absolute atomic E-state index is 5.55. The Bertz CT molecular complexity index is 613. The number of benzene rings is 1. The van der Waals surface area contributed by atoms with Gasteiger partial charge >= 0.3 is 0 Å². The third kappa shape index (κ3) is 4.15. The second-order valence-corrected chi connectivity index (χ2v) is 4.70. The van der Waals surface area contributed by atoms with Gasteiger partial charge in [-0.15, -0.1) is 0 Å². The fourth-order valence-electron chi connectivity index (χ4n) is 2.08. The fraction of sp³-hybridized carbons (Fsp3) is 0.333. The standard InChI is InChI=1S/C15H21N7/c1-4-22(5-2)13-8-6-12(7-9-13)10-17-21-15-19-11(3)18-14(16)20-15/h6-10H,4-5H2,1-3H3,(H3,16,18,19,20,21). The number of hydrogen-bond donors (Lipinski definition) is 2. The lowest BCUT2D eigenvalue weighted by molar-refractivity contribution is 0.866. The van der Waals surface area contributed by atoms with Crippen LogP contribution in [0.5, 0.6) is 0 Å². The van der Waals surface area contributed by atoms with Crippen molar-refractivity contribution in [1.29, 1.82) is 0 Å². The van der Waals surface area contributed by atoms with Crippen LogP contribution in [-0.2, 0) is 0 Å². The summed E-state index contributed by atoms with van der Waals surface area (Å²) in [5.41, 5.74) is 10.5. The first-order valence-electron chi connectivity index (χ1n) is 7.24. The molecule has 0 spiro atoms. The van der Waals surface area contributed by atoms with Gasteiger partial charge in [-0.25, -0.2) is 5.43 Å². The van der Waals surface area contributed by atoms with Crippen molar-refractivity contribution in [2.45, 2.75) is 20.8 Å². The van der Waals surface area contributed by atoms with Crippen molar-refractivity contribution >= 4 is 23.8 Å². The summed E-state index contributed by atoms with van der Waals surface area (Å²) < 4.78 is 0. The Morgan fingerprint density at radius 2 is 1.82 bits per heavy atom. The van der Waals surface area contributed by atoms with Gasteiger partial charge in [0.2, 0.25) is 11.9 Å². The Balaban J connectivity index is 2.01. The molecule has 2 aromatic rings. The van der Waals surface area contributed by atoms with Crippen molar-refractivity contribution in [3.05, 3.63) is 35.7 Å². The molecular weight excluding hydrogens is 278 g/mol. The summed E-state index contributed by atoms with van der Waals surface area (Å²) in [5.74, 6) is 1.06. The van der Waals surface area contributed by atoms with Gasteiger partial charge in [-0.1, -0.05) is 12.1 Å². The Labute approximate surface area is 130 Å². The highest BCUT2D eigenvalue weighted by atomic mass is 15.4. The SMILES string of the molecule is CCN(CC)c1ccc(C=NNc2nc(C)nc(N)n2)cc1. The number of hydrogen-bond acceptors (Lipinski definition) is 7. The molecule has 0 bridgehead atoms. The van der Waals surface area contributed by atoms with E-state index < -0.39 is 0 Å². The van der Waals surface area contributed by atoms with Crippen LogP contribution in [0.1, 0.15) is 25.2 Å². The summed E-state index contributed by atoms with van der Waals surface area (Å²) in [6, 6.07) is 8.20. The van der Waals surface area contributed by atoms with E-state index in [0.29, 0.717) is 11.8 Å². The monoisotopic (exact) mass is 299 g/mol. The molecule has 0 fully saturated rings. The van der Waals surface area contributed by atoms with E-state index >= 15 is 0 Å². The Morgan fingerprint density at radius 3 is 2.41 bits per heavy atom. The molecular formula is C15H21N7. The molecule has 0 aliphatic rings. The van der Waals surface area contributed by atoms with Crippen molar-refractivity contribution in [3.8, 4) is 0 Å². The number of aromatic nitrogens is 3. The number of hydrazone groups is 1. The molecule has 0 radical (unpaired) electrons. The molecule has 2 rings (SSSR count). The first-order valence-corrected chi connectivity index (χ1v) is 7.24. The van der Waals surface area contributed by atoms with E-state index in [-0.39, 0.29) is 5.95 Å². The van der Waals surface area contributed by atoms with Crippen molar-refractivity contribution in [2.75, 3.05) is 29.1 Å². The van der Waals surface area contributed by atoms with Crippen molar-refractivity contribution in [3.63, 3.8) is 0 Å². The lowest BCUT2D eigenvalue weighted by Gasteiger charge is -2.20. The molecule has 0 aliphatic heterocycles. The molecule has 7 heteroatoms. The van der Waals surface area contributed by atoms with Gasteiger partial charge in [-0.3, -0.25) is 0 Å². The summed E-state index contributed by atoms with van der Waals surface area (Å²) in [6.07, 6.45) is 1.71. The summed E-state index contributed by atoms with van der Waals surface area (Å²) in [5, 5.41) is 4.11. The molecule has 1 heterocycles. The summed E-state index contributed by atoms with van der Waals surface area (Å²) in [7, 11) is 0. The minimum absolute atomic E-state index is 0.175. The first kappa shape index (κ1) is 15.7. The molecule has 22 heavy (non-hydrogen) atoms. The molecule has 0 saturated heterocycles. The van der Waals surface area contributed by atoms with Gasteiger partial charge in [0, 0.05) is 18.8 Å². The number of rotatable bonds is 6. The predicted octanol–water partition coefficient (Wildman–Crippen LogP) is 2.05. The molecule has 116 valence electrons. The van der Waals surface area contributed by atoms with Crippen LogP contribution in [0.2, 0.25) is 0 Å². The largest absolute Gasteiger partial charge is 0.372 e. The molecule has 1 aromatic heterocycles. The van der Waals surface area contributed by atoms with Crippen LogP contribution in [0, 0.1) is 6.92 Å². The molecule has 0 saturated carbocycles. The quantitative estimate of drug-likeness (QED) is 0.626. The van der Waals surface area contributed by atoms with Crippen molar-refractivity contribution in [2.24, 2.45) is 5.10 Å². The highest BCUT2D eigenvalue weighted by Gasteiger charge is 2.01. The molecule has 7 nitrogen and oxygen atoms in total. The normalized spacial score (nSPS) is 10.9. The third-order valence-electron chi connectivity index (χ3n) is 3.16. The van der Waals surface area contributed by atoms with E-state index in [9.17, 15) is 0 Å². The summed E-state index contributed by atoms with van der Waals surface area (Å²) >= 11 is 0. The number of aryl methyl sites for hydroxylation is 1. The van der Waals surface area contributed by atoms with Crippen LogP contribution < -0.4 is 16.1 Å². The Morgan fingerprint density at radius 1 is 1.14 bits per heavy atom. The minimum Gasteiger partial charge on any atom is -0.372 e. The zero-order valence-electron chi connectivity index (χ0n) is 13.1. The zero-order valence-corrected chi connectivity index (χ0v) is 13.1. The highest BCUT2D eigenvalue weighted by molar-refractivity contribution is 5.80. The van der Waals surface area contributed by atoms with Crippen molar-refractivity contribution in [1.82, 2.24) is 15.0 Å². The van der Waals surface area contributed by atoms with Crippen LogP contribution in [-0.4, -0.2) is 34.3 Å². The van der Waals surface area contributed by atoms with E-state index in [0.717, 1.165) is 18.7 Å². The maximum Gasteiger partial charge on any atom is 0.248 e.